The molecule has 0 spiro atoms. The first-order valence-corrected chi connectivity index (χ1v) is 5.61. The Kier molecular flexibility index (Phi) is 4.81. The van der Waals surface area contributed by atoms with E-state index < -0.39 is 60.5 Å². The maximum absolute atomic E-state index is 12.5. The summed E-state index contributed by atoms with van der Waals surface area (Å²) in [6, 6.07) is -1.47. The minimum absolute atomic E-state index is 0.456. The molecule has 0 aromatic rings. The van der Waals surface area contributed by atoms with E-state index in [4.69, 9.17) is 15.7 Å². The number of carboxylic acid groups (broad SMARTS) is 2. The Labute approximate surface area is 115 Å². The molecule has 0 saturated carbocycles. The van der Waals surface area contributed by atoms with Gasteiger partial charge in [0.15, 0.2) is 0 Å². The molecule has 3 N–H and O–H groups in total. The van der Waals surface area contributed by atoms with Crippen molar-refractivity contribution in [2.24, 2.45) is 11.8 Å². The first-order valence-electron chi connectivity index (χ1n) is 5.61. The van der Waals surface area contributed by atoms with E-state index in [0.717, 1.165) is 0 Å². The zero-order chi connectivity index (χ0) is 16.4. The maximum Gasteiger partial charge on any atom is 0.498 e. The smallest absolute Gasteiger partial charge is 0.481 e. The van der Waals surface area contributed by atoms with Crippen LogP contribution in [0.2, 0.25) is 0 Å². The first kappa shape index (κ1) is 16.8. The molecule has 0 aliphatic carbocycles. The number of carboxylic acids is 2. The van der Waals surface area contributed by atoms with Crippen LogP contribution >= 0.6 is 0 Å². The van der Waals surface area contributed by atoms with Gasteiger partial charge in [-0.1, -0.05) is 0 Å². The monoisotopic (exact) mass is 309 g/mol. The van der Waals surface area contributed by atoms with Crippen molar-refractivity contribution in [2.75, 3.05) is 6.54 Å². The van der Waals surface area contributed by atoms with Gasteiger partial charge in [-0.15, -0.1) is 0 Å². The number of alkyl halides is 3. The third kappa shape index (κ3) is 3.64. The fraction of sp³-hybridized carbons (Fsp3) is 0.600. The molecule has 0 aromatic carbocycles. The standard InChI is InChI=1S/C10H10F3N3O5/c11-10(12,13)8(16-14)7(19)4-2-15-6(9(20)21)3(4)1-5(17)18/h3-4,6,15H,1-2H2,(H,17,18)(H,20,21)/t3-,4-,6-/m0/s1. The number of ketones is 1. The van der Waals surface area contributed by atoms with Crippen molar-refractivity contribution in [1.82, 2.24) is 5.32 Å². The van der Waals surface area contributed by atoms with Crippen LogP contribution in [0.15, 0.2) is 0 Å². The molecule has 0 unspecified atom stereocenters. The van der Waals surface area contributed by atoms with Crippen molar-refractivity contribution in [1.29, 1.82) is 0 Å². The molecule has 11 heteroatoms. The van der Waals surface area contributed by atoms with Crippen molar-refractivity contribution in [3.05, 3.63) is 5.53 Å². The van der Waals surface area contributed by atoms with Gasteiger partial charge < -0.3 is 21.1 Å². The predicted octanol–water partition coefficient (Wildman–Crippen LogP) is -0.448. The molecule has 0 bridgehead atoms. The second kappa shape index (κ2) is 6.02. The molecule has 1 aliphatic heterocycles. The van der Waals surface area contributed by atoms with Crippen molar-refractivity contribution < 1.29 is 42.6 Å². The van der Waals surface area contributed by atoms with Gasteiger partial charge in [-0.3, -0.25) is 14.4 Å². The summed E-state index contributed by atoms with van der Waals surface area (Å²) in [7, 11) is 0. The minimum atomic E-state index is -5.22. The van der Waals surface area contributed by atoms with E-state index in [1.165, 1.54) is 0 Å². The van der Waals surface area contributed by atoms with E-state index in [2.05, 4.69) is 5.32 Å². The average Bonchev–Trinajstić information content (AvgIpc) is 2.70. The predicted molar refractivity (Wildman–Crippen MR) is 58.3 cm³/mol. The van der Waals surface area contributed by atoms with Crippen molar-refractivity contribution in [3.63, 3.8) is 0 Å². The van der Waals surface area contributed by atoms with E-state index in [1.807, 2.05) is 4.79 Å². The molecule has 1 aliphatic rings. The highest BCUT2D eigenvalue weighted by Crippen LogP contribution is 2.30. The minimum Gasteiger partial charge on any atom is -0.481 e. The van der Waals surface area contributed by atoms with Gasteiger partial charge in [0.25, 0.3) is 5.78 Å². The quantitative estimate of drug-likeness (QED) is 0.357. The average molecular weight is 309 g/mol. The van der Waals surface area contributed by atoms with Crippen LogP contribution in [0, 0.1) is 11.8 Å². The number of aliphatic carboxylic acids is 2. The zero-order valence-corrected chi connectivity index (χ0v) is 10.3. The highest BCUT2D eigenvalue weighted by Gasteiger charge is 2.55. The maximum atomic E-state index is 12.5. The van der Waals surface area contributed by atoms with E-state index in [1.54, 1.807) is 0 Å². The number of nitrogens with one attached hydrogen (secondary N) is 1. The van der Waals surface area contributed by atoms with E-state index in [9.17, 15) is 27.6 Å². The van der Waals surface area contributed by atoms with E-state index >= 15 is 0 Å². The Morgan fingerprint density at radius 3 is 2.24 bits per heavy atom. The summed E-state index contributed by atoms with van der Waals surface area (Å²) in [5.41, 5.74) is 6.24. The van der Waals surface area contributed by atoms with Crippen LogP contribution in [0.25, 0.3) is 5.53 Å². The zero-order valence-electron chi connectivity index (χ0n) is 10.3. The number of carbonyl (C=O) groups excluding carboxylic acids is 1. The molecule has 1 heterocycles. The van der Waals surface area contributed by atoms with Gasteiger partial charge in [-0.05, 0) is 0 Å². The number of carbonyl (C=O) groups is 3. The van der Waals surface area contributed by atoms with Crippen LogP contribution in [0.5, 0.6) is 0 Å². The van der Waals surface area contributed by atoms with Crippen LogP contribution in [0.4, 0.5) is 13.2 Å². The Balaban J connectivity index is 3.10. The number of halogens is 3. The number of Topliss-reactive ketones (excluding diaryl/α,β-unsaturated/α-hetero) is 1. The molecule has 0 aromatic heterocycles. The van der Waals surface area contributed by atoms with Gasteiger partial charge in [0, 0.05) is 18.4 Å². The van der Waals surface area contributed by atoms with Crippen LogP contribution in [-0.4, -0.2) is 57.2 Å². The van der Waals surface area contributed by atoms with Crippen LogP contribution in [0.3, 0.4) is 0 Å². The van der Waals surface area contributed by atoms with E-state index in [0.29, 0.717) is 0 Å². The lowest BCUT2D eigenvalue weighted by Crippen LogP contribution is -2.41. The molecular formula is C10H10F3N3O5. The summed E-state index contributed by atoms with van der Waals surface area (Å²) in [4.78, 5) is 35.3. The summed E-state index contributed by atoms with van der Waals surface area (Å²) in [5.74, 6) is -7.53. The summed E-state index contributed by atoms with van der Waals surface area (Å²) in [6.07, 6.45) is -6.03. The first-order chi connectivity index (χ1) is 9.59. The van der Waals surface area contributed by atoms with Crippen LogP contribution in [-0.2, 0) is 14.4 Å². The molecule has 1 saturated heterocycles. The third-order valence-corrected chi connectivity index (χ3v) is 3.12. The van der Waals surface area contributed by atoms with E-state index in [-0.39, 0.29) is 0 Å². The lowest BCUT2D eigenvalue weighted by Gasteiger charge is -2.17. The van der Waals surface area contributed by atoms with Gasteiger partial charge >= 0.3 is 23.8 Å². The normalized spacial score (nSPS) is 25.2. The largest absolute Gasteiger partial charge is 0.498 e. The van der Waals surface area contributed by atoms with Gasteiger partial charge in [-0.2, -0.15) is 18.0 Å². The lowest BCUT2D eigenvalue weighted by molar-refractivity contribution is -0.143. The SMILES string of the molecule is [N-]=[N+]=C(C(=O)[C@H]1CN[C@H](C(=O)O)[C@H]1CC(=O)O)C(F)(F)F. The number of nitrogens with zero attached hydrogens (tertiary/aromatic N) is 2. The second-order valence-corrected chi connectivity index (χ2v) is 4.40. The topological polar surface area (TPSA) is 140 Å². The molecule has 3 atom stereocenters. The second-order valence-electron chi connectivity index (χ2n) is 4.40. The molecule has 116 valence electrons. The van der Waals surface area contributed by atoms with Gasteiger partial charge in [-0.25, -0.2) is 0 Å². The van der Waals surface area contributed by atoms with Crippen LogP contribution < -0.4 is 5.32 Å². The molecule has 21 heavy (non-hydrogen) atoms. The molecule has 8 nitrogen and oxygen atoms in total. The summed E-state index contributed by atoms with van der Waals surface area (Å²) in [5, 5.41) is 19.9. The number of hydrogen-bond donors (Lipinski definition) is 3. The highest BCUT2D eigenvalue weighted by molar-refractivity contribution is 6.40. The Bertz CT molecular complexity index is 527. The van der Waals surface area contributed by atoms with Gasteiger partial charge in [0.05, 0.1) is 6.42 Å². The molecule has 1 rings (SSSR count). The molecular weight excluding hydrogens is 299 g/mol. The lowest BCUT2D eigenvalue weighted by atomic mass is 9.83. The molecule has 1 fully saturated rings. The summed E-state index contributed by atoms with van der Waals surface area (Å²) >= 11 is 0. The highest BCUT2D eigenvalue weighted by atomic mass is 19.4. The van der Waals surface area contributed by atoms with Crippen molar-refractivity contribution in [2.45, 2.75) is 18.6 Å². The Morgan fingerprint density at radius 1 is 1.29 bits per heavy atom. The van der Waals surface area contributed by atoms with Gasteiger partial charge in [0.1, 0.15) is 6.04 Å². The number of hydrogen-bond acceptors (Lipinski definition) is 4. The summed E-state index contributed by atoms with van der Waals surface area (Å²) < 4.78 is 37.5. The van der Waals surface area contributed by atoms with Gasteiger partial charge in [0.2, 0.25) is 0 Å². The van der Waals surface area contributed by atoms with Crippen molar-refractivity contribution in [3.8, 4) is 0 Å². The number of rotatable bonds is 5. The third-order valence-electron chi connectivity index (χ3n) is 3.12. The Morgan fingerprint density at radius 2 is 1.86 bits per heavy atom. The van der Waals surface area contributed by atoms with Crippen LogP contribution in [0.1, 0.15) is 6.42 Å². The fourth-order valence-electron chi connectivity index (χ4n) is 2.23. The van der Waals surface area contributed by atoms with Crippen molar-refractivity contribution >= 4 is 23.4 Å². The molecule has 0 radical (unpaired) electrons. The molecule has 0 amide bonds. The summed E-state index contributed by atoms with van der Waals surface area (Å²) in [6.45, 7) is -0.456. The fourth-order valence-corrected chi connectivity index (χ4v) is 2.23. The Hall–Kier alpha value is -2.26.